The molecule has 0 saturated heterocycles. The van der Waals surface area contributed by atoms with Crippen LogP contribution in [0.15, 0.2) is 60.9 Å². The van der Waals surface area contributed by atoms with E-state index >= 15 is 0 Å². The van der Waals surface area contributed by atoms with Crippen LogP contribution < -0.4 is 10.6 Å². The molecule has 0 unspecified atom stereocenters. The van der Waals surface area contributed by atoms with Gasteiger partial charge in [0, 0.05) is 23.9 Å². The highest BCUT2D eigenvalue weighted by Crippen LogP contribution is 2.24. The zero-order chi connectivity index (χ0) is 32.1. The van der Waals surface area contributed by atoms with Crippen LogP contribution in [0.2, 0.25) is 0 Å². The predicted octanol–water partition coefficient (Wildman–Crippen LogP) is 5.21. The first-order valence-electron chi connectivity index (χ1n) is 13.6. The Hall–Kier alpha value is -5.34. The lowest BCUT2D eigenvalue weighted by Crippen LogP contribution is -2.21. The molecule has 0 atom stereocenters. The first kappa shape index (κ1) is 31.1. The molecule has 0 aliphatic carbocycles. The smallest absolute Gasteiger partial charge is 0.348 e. The number of esters is 1. The maximum atomic E-state index is 12.3. The van der Waals surface area contributed by atoms with E-state index in [-0.39, 0.29) is 16.7 Å². The third-order valence-corrected chi connectivity index (χ3v) is 9.32. The van der Waals surface area contributed by atoms with Gasteiger partial charge in [0.2, 0.25) is 0 Å². The number of hydrogen-bond acceptors (Lipinski definition) is 9. The van der Waals surface area contributed by atoms with Gasteiger partial charge in [-0.1, -0.05) is 24.3 Å². The van der Waals surface area contributed by atoms with E-state index in [0.717, 1.165) is 61.2 Å². The van der Waals surface area contributed by atoms with Crippen molar-refractivity contribution in [2.45, 2.75) is 26.9 Å². The van der Waals surface area contributed by atoms with Gasteiger partial charge >= 0.3 is 11.9 Å². The quantitative estimate of drug-likeness (QED) is 0.140. The van der Waals surface area contributed by atoms with E-state index in [1.165, 1.54) is 7.11 Å². The summed E-state index contributed by atoms with van der Waals surface area (Å²) in [5, 5.41) is 30.4. The van der Waals surface area contributed by atoms with Gasteiger partial charge in [0.15, 0.2) is 0 Å². The molecule has 2 amide bonds. The summed E-state index contributed by atoms with van der Waals surface area (Å²) < 4.78 is 4.71. The van der Waals surface area contributed by atoms with Gasteiger partial charge in [-0.3, -0.25) is 19.8 Å². The number of amides is 2. The SMILES string of the molecule is COC(=O)c1sc(C(=O)NCc2cccc3[nH]ncc23)cc1C.Cc1cc(C(=O)NCc2cccc3[nH]ncc23)sc1C(=O)O. The van der Waals surface area contributed by atoms with Gasteiger partial charge in [0.1, 0.15) is 9.75 Å². The number of methoxy groups -OCH3 is 1. The second-order valence-corrected chi connectivity index (χ2v) is 12.0. The van der Waals surface area contributed by atoms with E-state index in [1.54, 1.807) is 38.4 Å². The molecule has 4 heterocycles. The van der Waals surface area contributed by atoms with E-state index in [2.05, 4.69) is 31.0 Å². The molecule has 5 N–H and O–H groups in total. The lowest BCUT2D eigenvalue weighted by atomic mass is 10.1. The highest BCUT2D eigenvalue weighted by atomic mass is 32.1. The second-order valence-electron chi connectivity index (χ2n) is 9.90. The third-order valence-electron chi connectivity index (χ3n) is 6.88. The standard InChI is InChI=1S/C16H15N3O3S.C15H13N3O3S/c1-9-6-13(23-14(9)16(21)22-2)15(20)17-7-10-4-3-5-12-11(10)8-18-19-12;1-8-5-12(22-13(8)15(20)21)14(19)16-6-9-3-2-4-11-10(9)7-17-18-11/h3-6,8H,7H2,1-2H3,(H,17,20)(H,18,19);2-5,7H,6H2,1H3,(H,16,19)(H,17,18)(H,20,21). The summed E-state index contributed by atoms with van der Waals surface area (Å²) >= 11 is 2.12. The number of carbonyl (C=O) groups is 4. The predicted molar refractivity (Wildman–Crippen MR) is 171 cm³/mol. The maximum Gasteiger partial charge on any atom is 0.348 e. The van der Waals surface area contributed by atoms with Crippen molar-refractivity contribution in [2.24, 2.45) is 0 Å². The van der Waals surface area contributed by atoms with Crippen molar-refractivity contribution < 1.29 is 29.0 Å². The van der Waals surface area contributed by atoms with Gasteiger partial charge < -0.3 is 20.5 Å². The average Bonchev–Trinajstić information content (AvgIpc) is 3.84. The van der Waals surface area contributed by atoms with Gasteiger partial charge in [-0.15, -0.1) is 22.7 Å². The minimum absolute atomic E-state index is 0.196. The molecule has 6 rings (SSSR count). The van der Waals surface area contributed by atoms with Crippen LogP contribution in [0.25, 0.3) is 21.8 Å². The Labute approximate surface area is 264 Å². The van der Waals surface area contributed by atoms with Crippen molar-refractivity contribution >= 4 is 68.2 Å². The minimum atomic E-state index is -1.01. The Kier molecular flexibility index (Phi) is 9.35. The van der Waals surface area contributed by atoms with Crippen LogP contribution in [0.3, 0.4) is 0 Å². The number of aromatic carboxylic acids is 1. The number of carboxylic acids is 1. The molecule has 0 fully saturated rings. The first-order valence-corrected chi connectivity index (χ1v) is 15.2. The molecule has 12 nitrogen and oxygen atoms in total. The number of ether oxygens (including phenoxy) is 1. The van der Waals surface area contributed by atoms with Crippen molar-refractivity contribution in [3.8, 4) is 0 Å². The molecule has 0 aliphatic rings. The van der Waals surface area contributed by atoms with Crippen LogP contribution in [0.1, 0.15) is 60.9 Å². The first-order chi connectivity index (χ1) is 21.7. The molecule has 45 heavy (non-hydrogen) atoms. The Balaban J connectivity index is 0.000000178. The lowest BCUT2D eigenvalue weighted by molar-refractivity contribution is 0.0604. The second kappa shape index (κ2) is 13.5. The van der Waals surface area contributed by atoms with Gasteiger partial charge in [-0.05, 0) is 60.4 Å². The molecule has 230 valence electrons. The maximum absolute atomic E-state index is 12.3. The van der Waals surface area contributed by atoms with E-state index in [1.807, 2.05) is 36.4 Å². The summed E-state index contributed by atoms with van der Waals surface area (Å²) in [7, 11) is 1.33. The summed E-state index contributed by atoms with van der Waals surface area (Å²) in [6, 6.07) is 14.8. The number of fused-ring (bicyclic) bond motifs is 2. The molecule has 0 radical (unpaired) electrons. The molecule has 0 saturated carbocycles. The van der Waals surface area contributed by atoms with Gasteiger partial charge in [0.25, 0.3) is 11.8 Å². The molecular weight excluding hydrogens is 617 g/mol. The van der Waals surface area contributed by atoms with Crippen molar-refractivity contribution in [2.75, 3.05) is 7.11 Å². The van der Waals surface area contributed by atoms with Crippen molar-refractivity contribution in [1.29, 1.82) is 0 Å². The van der Waals surface area contributed by atoms with E-state index < -0.39 is 11.9 Å². The fourth-order valence-corrected chi connectivity index (χ4v) is 6.52. The number of aryl methyl sites for hydroxylation is 2. The largest absolute Gasteiger partial charge is 0.477 e. The van der Waals surface area contributed by atoms with Crippen molar-refractivity contribution in [1.82, 2.24) is 31.0 Å². The van der Waals surface area contributed by atoms with Crippen LogP contribution >= 0.6 is 22.7 Å². The number of rotatable bonds is 8. The van der Waals surface area contributed by atoms with Crippen LogP contribution in [0.5, 0.6) is 0 Å². The number of aromatic amines is 2. The molecule has 0 bridgehead atoms. The number of nitrogens with zero attached hydrogens (tertiary/aromatic N) is 2. The van der Waals surface area contributed by atoms with Crippen LogP contribution in [0.4, 0.5) is 0 Å². The molecule has 14 heteroatoms. The minimum Gasteiger partial charge on any atom is -0.477 e. The summed E-state index contributed by atoms with van der Waals surface area (Å²) in [4.78, 5) is 48.6. The summed E-state index contributed by atoms with van der Waals surface area (Å²) in [6.07, 6.45) is 3.45. The third kappa shape index (κ3) is 6.92. The Morgan fingerprint density at radius 3 is 1.69 bits per heavy atom. The van der Waals surface area contributed by atoms with E-state index in [4.69, 9.17) is 9.84 Å². The van der Waals surface area contributed by atoms with Crippen LogP contribution in [0, 0.1) is 13.8 Å². The summed E-state index contributed by atoms with van der Waals surface area (Å²) in [5.41, 5.74) is 5.10. The highest BCUT2D eigenvalue weighted by Gasteiger charge is 2.19. The normalized spacial score (nSPS) is 10.7. The average molecular weight is 645 g/mol. The fraction of sp³-hybridized carbons (Fsp3) is 0.161. The molecular formula is C31H28N6O6S2. The number of aromatic nitrogens is 4. The number of H-pyrrole nitrogens is 2. The van der Waals surface area contributed by atoms with Crippen LogP contribution in [-0.4, -0.2) is 56.4 Å². The van der Waals surface area contributed by atoms with Gasteiger partial charge in [0.05, 0.1) is 40.3 Å². The Morgan fingerprint density at radius 1 is 0.778 bits per heavy atom. The van der Waals surface area contributed by atoms with E-state index in [9.17, 15) is 19.2 Å². The number of carboxylic acid groups (broad SMARTS) is 1. The molecule has 6 aromatic rings. The molecule has 0 aliphatic heterocycles. The zero-order valence-electron chi connectivity index (χ0n) is 24.4. The number of hydrogen-bond donors (Lipinski definition) is 5. The fourth-order valence-electron chi connectivity index (χ4n) is 4.59. The van der Waals surface area contributed by atoms with E-state index in [0.29, 0.717) is 33.3 Å². The monoisotopic (exact) mass is 644 g/mol. The molecule has 2 aromatic carbocycles. The molecule has 0 spiro atoms. The lowest BCUT2D eigenvalue weighted by Gasteiger charge is -2.05. The number of carbonyl (C=O) groups excluding carboxylic acids is 3. The summed E-state index contributed by atoms with van der Waals surface area (Å²) in [6.45, 7) is 4.21. The summed E-state index contributed by atoms with van der Waals surface area (Å²) in [5.74, 6) is -1.92. The van der Waals surface area contributed by atoms with Crippen molar-refractivity contribution in [3.63, 3.8) is 0 Å². The number of nitrogens with one attached hydrogen (secondary N) is 4. The highest BCUT2D eigenvalue weighted by molar-refractivity contribution is 7.16. The number of thiophene rings is 2. The van der Waals surface area contributed by atoms with Gasteiger partial charge in [-0.25, -0.2) is 9.59 Å². The van der Waals surface area contributed by atoms with Crippen molar-refractivity contribution in [3.05, 3.63) is 103 Å². The van der Waals surface area contributed by atoms with Gasteiger partial charge in [-0.2, -0.15) is 10.2 Å². The topological polar surface area (TPSA) is 179 Å². The Morgan fingerprint density at radius 2 is 1.24 bits per heavy atom. The number of benzene rings is 2. The molecule has 4 aromatic heterocycles. The van der Waals surface area contributed by atoms with Crippen LogP contribution in [-0.2, 0) is 17.8 Å². The zero-order valence-corrected chi connectivity index (χ0v) is 26.0. The Bertz CT molecular complexity index is 2040.